The Balaban J connectivity index is 2.35. The van der Waals surface area contributed by atoms with Crippen LogP contribution in [0.4, 0.5) is 10.1 Å². The third-order valence-electron chi connectivity index (χ3n) is 3.07. The lowest BCUT2D eigenvalue weighted by molar-refractivity contribution is 0.0529. The number of benzene rings is 1. The molecule has 0 aliphatic carbocycles. The fraction of sp³-hybridized carbons (Fsp3) is 0.538. The van der Waals surface area contributed by atoms with Gasteiger partial charge in [-0.3, -0.25) is 0 Å². The van der Waals surface area contributed by atoms with Crippen molar-refractivity contribution in [2.24, 2.45) is 5.73 Å². The number of hydrogen-bond acceptors (Lipinski definition) is 3. The van der Waals surface area contributed by atoms with Crippen molar-refractivity contribution in [2.45, 2.75) is 26.0 Å². The van der Waals surface area contributed by atoms with Crippen LogP contribution in [0, 0.1) is 5.82 Å². The largest absolute Gasteiger partial charge is 0.375 e. The zero-order valence-electron chi connectivity index (χ0n) is 10.3. The van der Waals surface area contributed by atoms with Crippen molar-refractivity contribution in [1.29, 1.82) is 0 Å². The number of nitrogens with two attached hydrogens (primary N) is 1. The van der Waals surface area contributed by atoms with E-state index >= 15 is 0 Å². The summed E-state index contributed by atoms with van der Waals surface area (Å²) in [6.07, 6.45) is 0.129. The summed E-state index contributed by atoms with van der Waals surface area (Å²) in [7, 11) is 0. The van der Waals surface area contributed by atoms with Crippen molar-refractivity contribution >= 4 is 5.69 Å². The molecule has 1 aliphatic rings. The molecule has 1 saturated heterocycles. The van der Waals surface area contributed by atoms with Crippen LogP contribution < -0.4 is 10.6 Å². The quantitative estimate of drug-likeness (QED) is 0.857. The first-order valence-electron chi connectivity index (χ1n) is 6.00. The SMILES string of the molecule is CC1CN(c2c(F)cccc2[C@@H](C)N)CCO1. The highest BCUT2D eigenvalue weighted by Crippen LogP contribution is 2.29. The van der Waals surface area contributed by atoms with E-state index in [2.05, 4.69) is 0 Å². The Labute approximate surface area is 101 Å². The van der Waals surface area contributed by atoms with Gasteiger partial charge in [0.05, 0.1) is 18.4 Å². The third-order valence-corrected chi connectivity index (χ3v) is 3.07. The van der Waals surface area contributed by atoms with Gasteiger partial charge in [0.1, 0.15) is 5.82 Å². The third kappa shape index (κ3) is 2.58. The molecule has 2 atom stereocenters. The molecule has 4 heteroatoms. The monoisotopic (exact) mass is 238 g/mol. The van der Waals surface area contributed by atoms with Crippen LogP contribution in [0.3, 0.4) is 0 Å². The van der Waals surface area contributed by atoms with Gasteiger partial charge in [-0.05, 0) is 25.5 Å². The van der Waals surface area contributed by atoms with Crippen LogP contribution >= 0.6 is 0 Å². The van der Waals surface area contributed by atoms with E-state index in [1.807, 2.05) is 24.8 Å². The molecule has 0 amide bonds. The van der Waals surface area contributed by atoms with Gasteiger partial charge in [-0.15, -0.1) is 0 Å². The number of anilines is 1. The highest BCUT2D eigenvalue weighted by Gasteiger charge is 2.23. The van der Waals surface area contributed by atoms with E-state index in [-0.39, 0.29) is 18.0 Å². The second-order valence-corrected chi connectivity index (χ2v) is 4.59. The maximum Gasteiger partial charge on any atom is 0.146 e. The summed E-state index contributed by atoms with van der Waals surface area (Å²) < 4.78 is 19.5. The molecular weight excluding hydrogens is 219 g/mol. The fourth-order valence-corrected chi connectivity index (χ4v) is 2.25. The molecule has 0 bridgehead atoms. The van der Waals surface area contributed by atoms with Crippen LogP contribution in [0.25, 0.3) is 0 Å². The van der Waals surface area contributed by atoms with Gasteiger partial charge in [0.15, 0.2) is 0 Å². The van der Waals surface area contributed by atoms with Crippen LogP contribution in [0.5, 0.6) is 0 Å². The van der Waals surface area contributed by atoms with Crippen molar-refractivity contribution in [3.05, 3.63) is 29.6 Å². The lowest BCUT2D eigenvalue weighted by Crippen LogP contribution is -2.42. The van der Waals surface area contributed by atoms with Gasteiger partial charge >= 0.3 is 0 Å². The molecular formula is C13H19FN2O. The van der Waals surface area contributed by atoms with Gasteiger partial charge in [0, 0.05) is 19.1 Å². The van der Waals surface area contributed by atoms with Crippen LogP contribution in [-0.2, 0) is 4.74 Å². The van der Waals surface area contributed by atoms with Crippen molar-refractivity contribution in [1.82, 2.24) is 0 Å². The molecule has 2 N–H and O–H groups in total. The Bertz CT molecular complexity index is 395. The maximum absolute atomic E-state index is 14.0. The summed E-state index contributed by atoms with van der Waals surface area (Å²) in [5, 5.41) is 0. The normalized spacial score (nSPS) is 22.6. The molecule has 3 nitrogen and oxygen atoms in total. The predicted molar refractivity (Wildman–Crippen MR) is 66.6 cm³/mol. The summed E-state index contributed by atoms with van der Waals surface area (Å²) in [4.78, 5) is 2.03. The summed E-state index contributed by atoms with van der Waals surface area (Å²) in [5.41, 5.74) is 7.40. The van der Waals surface area contributed by atoms with E-state index in [1.165, 1.54) is 6.07 Å². The van der Waals surface area contributed by atoms with Crippen LogP contribution in [0.2, 0.25) is 0 Å². The van der Waals surface area contributed by atoms with Crippen molar-refractivity contribution in [3.63, 3.8) is 0 Å². The molecule has 0 radical (unpaired) electrons. The molecule has 17 heavy (non-hydrogen) atoms. The first-order valence-corrected chi connectivity index (χ1v) is 6.00. The van der Waals surface area contributed by atoms with Crippen LogP contribution in [0.15, 0.2) is 18.2 Å². The molecule has 1 unspecified atom stereocenters. The minimum atomic E-state index is -0.200. The Kier molecular flexibility index (Phi) is 3.64. The number of morpholine rings is 1. The van der Waals surface area contributed by atoms with Crippen molar-refractivity contribution < 1.29 is 9.13 Å². The van der Waals surface area contributed by atoms with Crippen LogP contribution in [0.1, 0.15) is 25.5 Å². The smallest absolute Gasteiger partial charge is 0.146 e. The molecule has 2 rings (SSSR count). The van der Waals surface area contributed by atoms with Gasteiger partial charge in [-0.2, -0.15) is 0 Å². The number of halogens is 1. The lowest BCUT2D eigenvalue weighted by atomic mass is 10.0. The van der Waals surface area contributed by atoms with Gasteiger partial charge in [0.2, 0.25) is 0 Å². The minimum absolute atomic E-state index is 0.129. The molecule has 0 aromatic heterocycles. The summed E-state index contributed by atoms with van der Waals surface area (Å²) in [6.45, 7) is 5.93. The summed E-state index contributed by atoms with van der Waals surface area (Å²) in [5.74, 6) is -0.200. The highest BCUT2D eigenvalue weighted by molar-refractivity contribution is 5.56. The number of rotatable bonds is 2. The van der Waals surface area contributed by atoms with E-state index < -0.39 is 0 Å². The second-order valence-electron chi connectivity index (χ2n) is 4.59. The van der Waals surface area contributed by atoms with E-state index in [0.717, 1.165) is 5.56 Å². The second kappa shape index (κ2) is 5.02. The number of para-hydroxylation sites is 1. The van der Waals surface area contributed by atoms with Gasteiger partial charge in [-0.1, -0.05) is 12.1 Å². The summed E-state index contributed by atoms with van der Waals surface area (Å²) >= 11 is 0. The first-order chi connectivity index (χ1) is 8.09. The Hall–Kier alpha value is -1.13. The minimum Gasteiger partial charge on any atom is -0.375 e. The van der Waals surface area contributed by atoms with Crippen molar-refractivity contribution in [3.8, 4) is 0 Å². The van der Waals surface area contributed by atoms with E-state index in [0.29, 0.717) is 25.4 Å². The molecule has 1 fully saturated rings. The fourth-order valence-electron chi connectivity index (χ4n) is 2.25. The average molecular weight is 238 g/mol. The van der Waals surface area contributed by atoms with Gasteiger partial charge < -0.3 is 15.4 Å². The van der Waals surface area contributed by atoms with Gasteiger partial charge in [-0.25, -0.2) is 4.39 Å². The number of nitrogens with zero attached hydrogens (tertiary/aromatic N) is 1. The van der Waals surface area contributed by atoms with Gasteiger partial charge in [0.25, 0.3) is 0 Å². The Morgan fingerprint density at radius 3 is 2.94 bits per heavy atom. The average Bonchev–Trinajstić information content (AvgIpc) is 2.28. The first kappa shape index (κ1) is 12.3. The standard InChI is InChI=1S/C13H19FN2O/c1-9-8-16(6-7-17-9)13-11(10(2)15)4-3-5-12(13)14/h3-5,9-10H,6-8,15H2,1-2H3/t9?,10-/m1/s1. The Morgan fingerprint density at radius 1 is 1.53 bits per heavy atom. The summed E-state index contributed by atoms with van der Waals surface area (Å²) in [6, 6.07) is 4.92. The molecule has 1 heterocycles. The van der Waals surface area contributed by atoms with E-state index in [9.17, 15) is 4.39 Å². The Morgan fingerprint density at radius 2 is 2.29 bits per heavy atom. The number of hydrogen-bond donors (Lipinski definition) is 1. The van der Waals surface area contributed by atoms with Crippen molar-refractivity contribution in [2.75, 3.05) is 24.6 Å². The van der Waals surface area contributed by atoms with E-state index in [1.54, 1.807) is 6.07 Å². The molecule has 1 aromatic rings. The highest BCUT2D eigenvalue weighted by atomic mass is 19.1. The zero-order valence-corrected chi connectivity index (χ0v) is 10.3. The van der Waals surface area contributed by atoms with Crippen LogP contribution in [-0.4, -0.2) is 25.8 Å². The molecule has 0 saturated carbocycles. The topological polar surface area (TPSA) is 38.5 Å². The predicted octanol–water partition coefficient (Wildman–Crippen LogP) is 2.07. The number of ether oxygens (including phenoxy) is 1. The zero-order chi connectivity index (χ0) is 12.4. The van der Waals surface area contributed by atoms with E-state index in [4.69, 9.17) is 10.5 Å². The maximum atomic E-state index is 14.0. The lowest BCUT2D eigenvalue weighted by Gasteiger charge is -2.34. The molecule has 0 spiro atoms. The molecule has 94 valence electrons. The molecule has 1 aliphatic heterocycles. The molecule has 1 aromatic carbocycles.